The molecule has 0 saturated carbocycles. The van der Waals surface area contributed by atoms with Crippen molar-refractivity contribution in [2.24, 2.45) is 0 Å². The summed E-state index contributed by atoms with van der Waals surface area (Å²) in [5.74, 6) is 0.950. The van der Waals surface area contributed by atoms with Crippen LogP contribution in [0.25, 0.3) is 11.1 Å². The highest BCUT2D eigenvalue weighted by molar-refractivity contribution is 7.99. The smallest absolute Gasteiger partial charge is 0.257 e. The number of fused-ring (bicyclic) bond motifs is 1. The van der Waals surface area contributed by atoms with Gasteiger partial charge in [-0.25, -0.2) is 4.98 Å². The lowest BCUT2D eigenvalue weighted by Gasteiger charge is -2.09. The van der Waals surface area contributed by atoms with Crippen LogP contribution in [0.2, 0.25) is 0 Å². The zero-order valence-corrected chi connectivity index (χ0v) is 16.5. The zero-order valence-electron chi connectivity index (χ0n) is 15.7. The standard InChI is InChI=1S/C23H20N2O3S/c26-22(16-29-23-25-20-11-4-5-12-21(20)28-23)24-14-18-9-6-10-19(13-18)27-15-17-7-2-1-3-8-17/h1-13H,14-16H2,(H,24,26). The quantitative estimate of drug-likeness (QED) is 0.427. The van der Waals surface area contributed by atoms with Crippen LogP contribution in [0, 0.1) is 0 Å². The van der Waals surface area contributed by atoms with Crippen LogP contribution in [0.15, 0.2) is 88.5 Å². The molecule has 0 aliphatic carbocycles. The van der Waals surface area contributed by atoms with Crippen molar-refractivity contribution in [3.63, 3.8) is 0 Å². The zero-order chi connectivity index (χ0) is 19.9. The molecule has 0 spiro atoms. The maximum Gasteiger partial charge on any atom is 0.257 e. The van der Waals surface area contributed by atoms with Gasteiger partial charge in [-0.05, 0) is 35.4 Å². The normalized spacial score (nSPS) is 10.8. The van der Waals surface area contributed by atoms with E-state index in [1.54, 1.807) is 0 Å². The number of nitrogens with zero attached hydrogens (tertiary/aromatic N) is 1. The van der Waals surface area contributed by atoms with Gasteiger partial charge in [-0.2, -0.15) is 0 Å². The second-order valence-electron chi connectivity index (χ2n) is 6.43. The molecular weight excluding hydrogens is 384 g/mol. The SMILES string of the molecule is O=C(CSc1nc2ccccc2o1)NCc1cccc(OCc2ccccc2)c1. The minimum absolute atomic E-state index is 0.0761. The second kappa shape index (κ2) is 9.30. The molecule has 0 radical (unpaired) electrons. The van der Waals surface area contributed by atoms with Gasteiger partial charge in [0.15, 0.2) is 5.58 Å². The Labute approximate surface area is 173 Å². The highest BCUT2D eigenvalue weighted by Gasteiger charge is 2.09. The monoisotopic (exact) mass is 404 g/mol. The summed E-state index contributed by atoms with van der Waals surface area (Å²) in [5, 5.41) is 3.42. The number of hydrogen-bond acceptors (Lipinski definition) is 5. The maximum absolute atomic E-state index is 12.2. The summed E-state index contributed by atoms with van der Waals surface area (Å²) in [4.78, 5) is 16.5. The molecule has 4 rings (SSSR count). The minimum Gasteiger partial charge on any atom is -0.489 e. The van der Waals surface area contributed by atoms with Crippen LogP contribution in [0.1, 0.15) is 11.1 Å². The Kier molecular flexibility index (Phi) is 6.12. The Morgan fingerprint density at radius 3 is 2.62 bits per heavy atom. The Bertz CT molecular complexity index is 1060. The molecule has 1 amide bonds. The predicted molar refractivity (Wildman–Crippen MR) is 114 cm³/mol. The van der Waals surface area contributed by atoms with E-state index < -0.39 is 0 Å². The number of benzene rings is 3. The molecule has 5 nitrogen and oxygen atoms in total. The molecule has 6 heteroatoms. The van der Waals surface area contributed by atoms with Gasteiger partial charge in [-0.1, -0.05) is 66.4 Å². The molecule has 0 aliphatic rings. The van der Waals surface area contributed by atoms with E-state index in [1.165, 1.54) is 11.8 Å². The number of aromatic nitrogens is 1. The Hall–Kier alpha value is -3.25. The molecule has 0 saturated heterocycles. The number of amides is 1. The molecule has 1 aromatic heterocycles. The molecule has 0 atom stereocenters. The molecule has 3 aromatic carbocycles. The van der Waals surface area contributed by atoms with Crippen LogP contribution in [0.3, 0.4) is 0 Å². The number of hydrogen-bond donors (Lipinski definition) is 1. The number of rotatable bonds is 8. The fourth-order valence-electron chi connectivity index (χ4n) is 2.78. The lowest BCUT2D eigenvalue weighted by molar-refractivity contribution is -0.118. The van der Waals surface area contributed by atoms with E-state index in [1.807, 2.05) is 78.9 Å². The van der Waals surface area contributed by atoms with Gasteiger partial charge in [0, 0.05) is 6.54 Å². The van der Waals surface area contributed by atoms with Crippen molar-refractivity contribution >= 4 is 28.8 Å². The fraction of sp³-hybridized carbons (Fsp3) is 0.130. The highest BCUT2D eigenvalue weighted by Crippen LogP contribution is 2.23. The van der Waals surface area contributed by atoms with Gasteiger partial charge in [0.2, 0.25) is 5.91 Å². The molecular formula is C23H20N2O3S. The number of carbonyl (C=O) groups is 1. The van der Waals surface area contributed by atoms with Gasteiger partial charge in [-0.3, -0.25) is 4.79 Å². The van der Waals surface area contributed by atoms with Crippen molar-refractivity contribution in [1.82, 2.24) is 10.3 Å². The molecule has 0 fully saturated rings. The van der Waals surface area contributed by atoms with Crippen molar-refractivity contribution in [2.45, 2.75) is 18.4 Å². The number of carbonyl (C=O) groups excluding carboxylic acids is 1. The van der Waals surface area contributed by atoms with E-state index in [9.17, 15) is 4.79 Å². The second-order valence-corrected chi connectivity index (χ2v) is 7.36. The van der Waals surface area contributed by atoms with Gasteiger partial charge >= 0.3 is 0 Å². The van der Waals surface area contributed by atoms with Crippen LogP contribution < -0.4 is 10.1 Å². The molecule has 4 aromatic rings. The predicted octanol–water partition coefficient (Wildman–Crippen LogP) is 4.82. The summed E-state index contributed by atoms with van der Waals surface area (Å²) in [6.07, 6.45) is 0. The Morgan fingerprint density at radius 2 is 1.76 bits per heavy atom. The summed E-state index contributed by atoms with van der Waals surface area (Å²) in [5.41, 5.74) is 3.61. The van der Waals surface area contributed by atoms with Crippen LogP contribution in [0.4, 0.5) is 0 Å². The fourth-order valence-corrected chi connectivity index (χ4v) is 3.45. The minimum atomic E-state index is -0.0761. The largest absolute Gasteiger partial charge is 0.489 e. The average molecular weight is 404 g/mol. The molecule has 0 aliphatic heterocycles. The van der Waals surface area contributed by atoms with Crippen molar-refractivity contribution in [2.75, 3.05) is 5.75 Å². The Morgan fingerprint density at radius 1 is 0.966 bits per heavy atom. The summed E-state index contributed by atoms with van der Waals surface area (Å²) in [6.45, 7) is 0.952. The first-order chi connectivity index (χ1) is 14.3. The average Bonchev–Trinajstić information content (AvgIpc) is 3.19. The maximum atomic E-state index is 12.2. The third-order valence-corrected chi connectivity index (χ3v) is 5.07. The molecule has 29 heavy (non-hydrogen) atoms. The van der Waals surface area contributed by atoms with Gasteiger partial charge in [0.1, 0.15) is 17.9 Å². The topological polar surface area (TPSA) is 64.4 Å². The lowest BCUT2D eigenvalue weighted by Crippen LogP contribution is -2.24. The van der Waals surface area contributed by atoms with Crippen molar-refractivity contribution in [1.29, 1.82) is 0 Å². The van der Waals surface area contributed by atoms with Gasteiger partial charge in [0.05, 0.1) is 5.75 Å². The molecule has 0 bridgehead atoms. The third-order valence-electron chi connectivity index (χ3n) is 4.24. The van der Waals surface area contributed by atoms with Crippen LogP contribution >= 0.6 is 11.8 Å². The first-order valence-corrected chi connectivity index (χ1v) is 10.3. The molecule has 0 unspecified atom stereocenters. The molecule has 1 heterocycles. The number of para-hydroxylation sites is 2. The highest BCUT2D eigenvalue weighted by atomic mass is 32.2. The van der Waals surface area contributed by atoms with E-state index in [0.29, 0.717) is 18.4 Å². The first-order valence-electron chi connectivity index (χ1n) is 9.27. The van der Waals surface area contributed by atoms with E-state index in [-0.39, 0.29) is 11.7 Å². The number of nitrogens with one attached hydrogen (secondary N) is 1. The summed E-state index contributed by atoms with van der Waals surface area (Å²) in [7, 11) is 0. The number of ether oxygens (including phenoxy) is 1. The molecule has 1 N–H and O–H groups in total. The number of thioether (sulfide) groups is 1. The van der Waals surface area contributed by atoms with Crippen molar-refractivity contribution in [3.8, 4) is 5.75 Å². The van der Waals surface area contributed by atoms with Gasteiger partial charge < -0.3 is 14.5 Å². The van der Waals surface area contributed by atoms with E-state index in [2.05, 4.69) is 10.3 Å². The van der Waals surface area contributed by atoms with Crippen LogP contribution in [-0.2, 0) is 17.9 Å². The van der Waals surface area contributed by atoms with Crippen LogP contribution in [-0.4, -0.2) is 16.6 Å². The van der Waals surface area contributed by atoms with E-state index in [0.717, 1.165) is 28.0 Å². The van der Waals surface area contributed by atoms with Gasteiger partial charge in [0.25, 0.3) is 5.22 Å². The first kappa shape index (κ1) is 19.1. The van der Waals surface area contributed by atoms with Crippen LogP contribution in [0.5, 0.6) is 5.75 Å². The Balaban J connectivity index is 1.25. The molecule has 146 valence electrons. The lowest BCUT2D eigenvalue weighted by atomic mass is 10.2. The van der Waals surface area contributed by atoms with Crippen molar-refractivity contribution < 1.29 is 13.9 Å². The number of oxazole rings is 1. The van der Waals surface area contributed by atoms with E-state index in [4.69, 9.17) is 9.15 Å². The van der Waals surface area contributed by atoms with E-state index >= 15 is 0 Å². The van der Waals surface area contributed by atoms with Gasteiger partial charge in [-0.15, -0.1) is 0 Å². The summed E-state index contributed by atoms with van der Waals surface area (Å²) < 4.78 is 11.5. The summed E-state index contributed by atoms with van der Waals surface area (Å²) >= 11 is 1.28. The summed E-state index contributed by atoms with van der Waals surface area (Å²) in [6, 6.07) is 25.3. The third kappa shape index (κ3) is 5.39. The van der Waals surface area contributed by atoms with Crippen molar-refractivity contribution in [3.05, 3.63) is 90.0 Å².